The average Bonchev–Trinajstić information content (AvgIpc) is 2.42. The fourth-order valence-corrected chi connectivity index (χ4v) is 2.55. The lowest BCUT2D eigenvalue weighted by molar-refractivity contribution is -0.117. The van der Waals surface area contributed by atoms with Gasteiger partial charge in [0.1, 0.15) is 0 Å². The molecule has 1 amide bonds. The van der Waals surface area contributed by atoms with Crippen LogP contribution in [0.25, 0.3) is 0 Å². The van der Waals surface area contributed by atoms with Crippen LogP contribution in [0.4, 0.5) is 5.69 Å². The summed E-state index contributed by atoms with van der Waals surface area (Å²) in [6, 6.07) is 13.1. The highest BCUT2D eigenvalue weighted by Crippen LogP contribution is 2.20. The van der Waals surface area contributed by atoms with Crippen molar-refractivity contribution in [2.24, 2.45) is 0 Å². The molecule has 0 aliphatic heterocycles. The highest BCUT2D eigenvalue weighted by atomic mass is 35.5. The Kier molecular flexibility index (Phi) is 5.83. The van der Waals surface area contributed by atoms with Crippen molar-refractivity contribution < 1.29 is 4.79 Å². The second-order valence-electron chi connectivity index (χ2n) is 5.31. The number of amides is 1. The maximum atomic E-state index is 12.1. The van der Waals surface area contributed by atoms with Crippen molar-refractivity contribution in [1.82, 2.24) is 4.90 Å². The van der Waals surface area contributed by atoms with Crippen molar-refractivity contribution in [2.75, 3.05) is 18.9 Å². The van der Waals surface area contributed by atoms with Gasteiger partial charge in [0.25, 0.3) is 0 Å². The number of aryl methyl sites for hydroxylation is 1. The molecule has 5 heteroatoms. The Bertz CT molecular complexity index is 673. The normalized spacial score (nSPS) is 10.8. The average molecular weight is 337 g/mol. The van der Waals surface area contributed by atoms with Crippen LogP contribution in [0.5, 0.6) is 0 Å². The van der Waals surface area contributed by atoms with Crippen LogP contribution in [0.3, 0.4) is 0 Å². The second-order valence-corrected chi connectivity index (χ2v) is 6.18. The van der Waals surface area contributed by atoms with E-state index in [-0.39, 0.29) is 5.91 Å². The van der Waals surface area contributed by atoms with Crippen LogP contribution in [-0.2, 0) is 11.3 Å². The molecule has 0 aliphatic carbocycles. The molecule has 2 rings (SSSR count). The van der Waals surface area contributed by atoms with Crippen molar-refractivity contribution >= 4 is 34.8 Å². The Morgan fingerprint density at radius 2 is 1.86 bits per heavy atom. The van der Waals surface area contributed by atoms with E-state index in [1.807, 2.05) is 49.2 Å². The minimum Gasteiger partial charge on any atom is -0.325 e. The van der Waals surface area contributed by atoms with E-state index >= 15 is 0 Å². The Morgan fingerprint density at radius 1 is 1.14 bits per heavy atom. The third kappa shape index (κ3) is 5.02. The number of halogens is 2. The quantitative estimate of drug-likeness (QED) is 0.879. The van der Waals surface area contributed by atoms with Crippen molar-refractivity contribution in [3.8, 4) is 0 Å². The first kappa shape index (κ1) is 16.8. The van der Waals surface area contributed by atoms with Gasteiger partial charge < -0.3 is 5.32 Å². The summed E-state index contributed by atoms with van der Waals surface area (Å²) in [7, 11) is 1.89. The number of benzene rings is 2. The van der Waals surface area contributed by atoms with Gasteiger partial charge in [-0.05, 0) is 49.4 Å². The zero-order chi connectivity index (χ0) is 16.1. The number of likely N-dealkylation sites (N-methyl/N-ethyl adjacent to an activating group) is 1. The first-order chi connectivity index (χ1) is 10.4. The first-order valence-corrected chi connectivity index (χ1v) is 7.68. The maximum absolute atomic E-state index is 12.1. The molecule has 1 N–H and O–H groups in total. The van der Waals surface area contributed by atoms with Gasteiger partial charge in [0.15, 0.2) is 0 Å². The van der Waals surface area contributed by atoms with E-state index in [2.05, 4.69) is 5.32 Å². The molecule has 0 saturated carbocycles. The predicted molar refractivity (Wildman–Crippen MR) is 92.6 cm³/mol. The molecular formula is C17H18Cl2N2O. The molecule has 0 spiro atoms. The van der Waals surface area contributed by atoms with Crippen LogP contribution in [0.1, 0.15) is 11.1 Å². The highest BCUT2D eigenvalue weighted by molar-refractivity contribution is 6.31. The third-order valence-electron chi connectivity index (χ3n) is 3.23. The second kappa shape index (κ2) is 7.63. The fraction of sp³-hybridized carbons (Fsp3) is 0.235. The fourth-order valence-electron chi connectivity index (χ4n) is 2.17. The molecule has 0 atom stereocenters. The van der Waals surface area contributed by atoms with Crippen LogP contribution < -0.4 is 5.32 Å². The molecule has 0 saturated heterocycles. The molecule has 2 aromatic rings. The van der Waals surface area contributed by atoms with Gasteiger partial charge in [0.05, 0.1) is 6.54 Å². The maximum Gasteiger partial charge on any atom is 0.238 e. The Hall–Kier alpha value is -1.55. The van der Waals surface area contributed by atoms with E-state index in [4.69, 9.17) is 23.2 Å². The SMILES string of the molecule is Cc1ccc(Cl)cc1NC(=O)CN(C)Cc1cccc(Cl)c1. The van der Waals surface area contributed by atoms with Gasteiger partial charge in [0.2, 0.25) is 5.91 Å². The van der Waals surface area contributed by atoms with E-state index < -0.39 is 0 Å². The summed E-state index contributed by atoms with van der Waals surface area (Å²) in [5.41, 5.74) is 2.80. The van der Waals surface area contributed by atoms with Crippen LogP contribution in [0, 0.1) is 6.92 Å². The molecule has 0 bridgehead atoms. The molecule has 0 unspecified atom stereocenters. The topological polar surface area (TPSA) is 32.3 Å². The lowest BCUT2D eigenvalue weighted by atomic mass is 10.2. The number of nitrogens with zero attached hydrogens (tertiary/aromatic N) is 1. The Balaban J connectivity index is 1.92. The highest BCUT2D eigenvalue weighted by Gasteiger charge is 2.09. The summed E-state index contributed by atoms with van der Waals surface area (Å²) in [5, 5.41) is 4.19. The summed E-state index contributed by atoms with van der Waals surface area (Å²) in [5.74, 6) is -0.0742. The molecule has 0 aliphatic rings. The minimum atomic E-state index is -0.0742. The molecule has 0 aromatic heterocycles. The van der Waals surface area contributed by atoms with Gasteiger partial charge in [-0.15, -0.1) is 0 Å². The minimum absolute atomic E-state index is 0.0742. The smallest absolute Gasteiger partial charge is 0.238 e. The van der Waals surface area contributed by atoms with Crippen molar-refractivity contribution in [3.05, 3.63) is 63.6 Å². The predicted octanol–water partition coefficient (Wildman–Crippen LogP) is 4.37. The largest absolute Gasteiger partial charge is 0.325 e. The van der Waals surface area contributed by atoms with Crippen LogP contribution >= 0.6 is 23.2 Å². The number of nitrogens with one attached hydrogen (secondary N) is 1. The molecule has 116 valence electrons. The van der Waals surface area contributed by atoms with E-state index in [0.717, 1.165) is 16.8 Å². The first-order valence-electron chi connectivity index (χ1n) is 6.93. The zero-order valence-corrected chi connectivity index (χ0v) is 14.1. The standard InChI is InChI=1S/C17H18Cl2N2O/c1-12-6-7-15(19)9-16(12)20-17(22)11-21(2)10-13-4-3-5-14(18)8-13/h3-9H,10-11H2,1-2H3,(H,20,22). The zero-order valence-electron chi connectivity index (χ0n) is 12.6. The van der Waals surface area contributed by atoms with Crippen molar-refractivity contribution in [3.63, 3.8) is 0 Å². The number of anilines is 1. The molecular weight excluding hydrogens is 319 g/mol. The van der Waals surface area contributed by atoms with Crippen LogP contribution in [-0.4, -0.2) is 24.4 Å². The number of carbonyl (C=O) groups is 1. The van der Waals surface area contributed by atoms with E-state index in [1.165, 1.54) is 0 Å². The molecule has 22 heavy (non-hydrogen) atoms. The van der Waals surface area contributed by atoms with Gasteiger partial charge in [0, 0.05) is 22.3 Å². The summed E-state index contributed by atoms with van der Waals surface area (Å²) in [6.45, 7) is 2.88. The number of rotatable bonds is 5. The summed E-state index contributed by atoms with van der Waals surface area (Å²) < 4.78 is 0. The summed E-state index contributed by atoms with van der Waals surface area (Å²) >= 11 is 11.9. The van der Waals surface area contributed by atoms with Crippen molar-refractivity contribution in [2.45, 2.75) is 13.5 Å². The summed E-state index contributed by atoms with van der Waals surface area (Å²) in [6.07, 6.45) is 0. The van der Waals surface area contributed by atoms with Crippen LogP contribution in [0.15, 0.2) is 42.5 Å². The molecule has 3 nitrogen and oxygen atoms in total. The van der Waals surface area contributed by atoms with Crippen LogP contribution in [0.2, 0.25) is 10.0 Å². The molecule has 0 fully saturated rings. The number of hydrogen-bond acceptors (Lipinski definition) is 2. The molecule has 0 heterocycles. The van der Waals surface area contributed by atoms with E-state index in [1.54, 1.807) is 12.1 Å². The lowest BCUT2D eigenvalue weighted by Gasteiger charge is -2.17. The van der Waals surface area contributed by atoms with Crippen molar-refractivity contribution in [1.29, 1.82) is 0 Å². The molecule has 2 aromatic carbocycles. The monoisotopic (exact) mass is 336 g/mol. The van der Waals surface area contributed by atoms with Gasteiger partial charge in [-0.1, -0.05) is 41.4 Å². The van der Waals surface area contributed by atoms with E-state index in [9.17, 15) is 4.79 Å². The van der Waals surface area contributed by atoms with Gasteiger partial charge in [-0.3, -0.25) is 9.69 Å². The Labute approximate surface area is 140 Å². The lowest BCUT2D eigenvalue weighted by Crippen LogP contribution is -2.30. The number of carbonyl (C=O) groups excluding carboxylic acids is 1. The summed E-state index contributed by atoms with van der Waals surface area (Å²) in [4.78, 5) is 14.1. The number of hydrogen-bond donors (Lipinski definition) is 1. The van der Waals surface area contributed by atoms with Gasteiger partial charge in [-0.2, -0.15) is 0 Å². The third-order valence-corrected chi connectivity index (χ3v) is 3.70. The Morgan fingerprint density at radius 3 is 2.59 bits per heavy atom. The van der Waals surface area contributed by atoms with E-state index in [0.29, 0.717) is 23.1 Å². The van der Waals surface area contributed by atoms with Gasteiger partial charge in [-0.25, -0.2) is 0 Å². The van der Waals surface area contributed by atoms with Gasteiger partial charge >= 0.3 is 0 Å². The molecule has 0 radical (unpaired) electrons.